The second kappa shape index (κ2) is 11.6. The van der Waals surface area contributed by atoms with E-state index in [1.54, 1.807) is 60.7 Å². The van der Waals surface area contributed by atoms with Crippen molar-refractivity contribution in [1.29, 1.82) is 0 Å². The number of carbonyl (C=O) groups excluding carboxylic acids is 2. The molecule has 33 heavy (non-hydrogen) atoms. The van der Waals surface area contributed by atoms with Crippen LogP contribution >= 0.6 is 0 Å². The molecular formula is C26H25N2O5. The van der Waals surface area contributed by atoms with Gasteiger partial charge in [0.05, 0.1) is 6.04 Å². The summed E-state index contributed by atoms with van der Waals surface area (Å²) in [5.41, 5.74) is 8.16. The van der Waals surface area contributed by atoms with Crippen molar-refractivity contribution in [2.24, 2.45) is 5.73 Å². The highest BCUT2D eigenvalue weighted by Crippen LogP contribution is 2.15. The SMILES string of the molecule is NC(Cc1ccccc1)C(=O)N(C(=O)OCc1ccccc1)C(Cc1[c]cccc1)C(=O)O. The standard InChI is InChI=1S/C26H25N2O5/c27-22(16-19-10-4-1-5-11-19)24(29)28(26(32)33-18-21-14-8-3-9-15-21)23(25(30)31)17-20-12-6-2-7-13-20/h1-12,14-15,22-23H,16-18,27H2,(H,30,31). The van der Waals surface area contributed by atoms with E-state index in [-0.39, 0.29) is 19.4 Å². The molecule has 0 heterocycles. The van der Waals surface area contributed by atoms with Gasteiger partial charge in [0.15, 0.2) is 0 Å². The summed E-state index contributed by atoms with van der Waals surface area (Å²) in [7, 11) is 0. The van der Waals surface area contributed by atoms with Crippen LogP contribution in [0, 0.1) is 6.07 Å². The fourth-order valence-corrected chi connectivity index (χ4v) is 3.35. The molecule has 3 aromatic carbocycles. The number of rotatable bonds is 9. The van der Waals surface area contributed by atoms with E-state index in [4.69, 9.17) is 10.5 Å². The van der Waals surface area contributed by atoms with Crippen LogP contribution in [0.15, 0.2) is 84.9 Å². The Balaban J connectivity index is 1.85. The molecule has 0 spiro atoms. The van der Waals surface area contributed by atoms with Crippen LogP contribution in [-0.2, 0) is 33.8 Å². The first-order valence-corrected chi connectivity index (χ1v) is 10.5. The molecule has 0 aliphatic rings. The number of hydrogen-bond donors (Lipinski definition) is 2. The predicted molar refractivity (Wildman–Crippen MR) is 122 cm³/mol. The largest absolute Gasteiger partial charge is 0.480 e. The van der Waals surface area contributed by atoms with Crippen LogP contribution in [-0.4, -0.2) is 40.1 Å². The maximum absolute atomic E-state index is 13.3. The monoisotopic (exact) mass is 445 g/mol. The van der Waals surface area contributed by atoms with Gasteiger partial charge in [-0.05, 0) is 29.2 Å². The summed E-state index contributed by atoms with van der Waals surface area (Å²) in [4.78, 5) is 39.0. The molecule has 0 bridgehead atoms. The Bertz CT molecular complexity index is 1060. The van der Waals surface area contributed by atoms with E-state index < -0.39 is 30.1 Å². The normalized spacial score (nSPS) is 12.4. The lowest BCUT2D eigenvalue weighted by Gasteiger charge is -2.29. The maximum Gasteiger partial charge on any atom is 0.417 e. The average molecular weight is 445 g/mol. The summed E-state index contributed by atoms with van der Waals surface area (Å²) in [6, 6.07) is 25.1. The number of carboxylic acid groups (broad SMARTS) is 1. The van der Waals surface area contributed by atoms with Crippen LogP contribution in [0.1, 0.15) is 16.7 Å². The minimum atomic E-state index is -1.50. The van der Waals surface area contributed by atoms with Gasteiger partial charge in [-0.15, -0.1) is 0 Å². The van der Waals surface area contributed by atoms with Gasteiger partial charge in [-0.2, -0.15) is 0 Å². The van der Waals surface area contributed by atoms with E-state index in [0.29, 0.717) is 16.0 Å². The highest BCUT2D eigenvalue weighted by molar-refractivity contribution is 5.99. The number of nitrogens with zero attached hydrogens (tertiary/aromatic N) is 1. The zero-order valence-electron chi connectivity index (χ0n) is 18.0. The summed E-state index contributed by atoms with van der Waals surface area (Å²) in [5.74, 6) is -2.16. The Labute approximate surface area is 192 Å². The van der Waals surface area contributed by atoms with Crippen LogP contribution in [0.25, 0.3) is 0 Å². The Morgan fingerprint density at radius 2 is 1.48 bits per heavy atom. The van der Waals surface area contributed by atoms with Gasteiger partial charge in [0.1, 0.15) is 12.6 Å². The molecule has 7 nitrogen and oxygen atoms in total. The predicted octanol–water partition coefficient (Wildman–Crippen LogP) is 3.22. The lowest BCUT2D eigenvalue weighted by atomic mass is 10.0. The number of carboxylic acids is 1. The Hall–Kier alpha value is -3.97. The second-order valence-corrected chi connectivity index (χ2v) is 7.49. The van der Waals surface area contributed by atoms with Gasteiger partial charge in [0.2, 0.25) is 5.91 Å². The van der Waals surface area contributed by atoms with Crippen LogP contribution in [0.3, 0.4) is 0 Å². The van der Waals surface area contributed by atoms with E-state index in [9.17, 15) is 19.5 Å². The quantitative estimate of drug-likeness (QED) is 0.523. The van der Waals surface area contributed by atoms with E-state index in [1.165, 1.54) is 0 Å². The molecule has 0 fully saturated rings. The third-order valence-electron chi connectivity index (χ3n) is 5.04. The Kier molecular flexibility index (Phi) is 8.32. The van der Waals surface area contributed by atoms with Gasteiger partial charge < -0.3 is 15.6 Å². The first kappa shape index (κ1) is 23.7. The first-order valence-electron chi connectivity index (χ1n) is 10.5. The van der Waals surface area contributed by atoms with Crippen molar-refractivity contribution in [2.45, 2.75) is 31.5 Å². The summed E-state index contributed by atoms with van der Waals surface area (Å²) in [6.07, 6.45) is -1.04. The zero-order chi connectivity index (χ0) is 23.6. The molecule has 2 amide bonds. The molecule has 7 heteroatoms. The van der Waals surface area contributed by atoms with Crippen molar-refractivity contribution in [2.75, 3.05) is 0 Å². The summed E-state index contributed by atoms with van der Waals surface area (Å²) in [6.45, 7) is -0.110. The van der Waals surface area contributed by atoms with Gasteiger partial charge in [-0.3, -0.25) is 4.79 Å². The third kappa shape index (κ3) is 6.75. The van der Waals surface area contributed by atoms with E-state index in [1.807, 2.05) is 24.3 Å². The summed E-state index contributed by atoms with van der Waals surface area (Å²) in [5, 5.41) is 9.90. The molecular weight excluding hydrogens is 420 g/mol. The third-order valence-corrected chi connectivity index (χ3v) is 5.04. The minimum absolute atomic E-state index is 0.110. The molecule has 2 unspecified atom stereocenters. The number of ether oxygens (including phenoxy) is 1. The van der Waals surface area contributed by atoms with Gasteiger partial charge in [-0.1, -0.05) is 84.9 Å². The van der Waals surface area contributed by atoms with Crippen LogP contribution < -0.4 is 5.73 Å². The summed E-state index contributed by atoms with van der Waals surface area (Å²) >= 11 is 0. The highest BCUT2D eigenvalue weighted by Gasteiger charge is 2.38. The lowest BCUT2D eigenvalue weighted by Crippen LogP contribution is -2.55. The fraction of sp³-hybridized carbons (Fsp3) is 0.192. The van der Waals surface area contributed by atoms with E-state index in [2.05, 4.69) is 6.07 Å². The molecule has 3 rings (SSSR count). The summed E-state index contributed by atoms with van der Waals surface area (Å²) < 4.78 is 5.32. The van der Waals surface area contributed by atoms with Gasteiger partial charge in [0, 0.05) is 6.42 Å². The number of benzene rings is 3. The maximum atomic E-state index is 13.3. The Morgan fingerprint density at radius 3 is 2.06 bits per heavy atom. The van der Waals surface area contributed by atoms with Crippen molar-refractivity contribution in [3.8, 4) is 0 Å². The van der Waals surface area contributed by atoms with Crippen LogP contribution in [0.5, 0.6) is 0 Å². The Morgan fingerprint density at radius 1 is 0.879 bits per heavy atom. The van der Waals surface area contributed by atoms with Crippen molar-refractivity contribution in [3.63, 3.8) is 0 Å². The van der Waals surface area contributed by atoms with Crippen LogP contribution in [0.4, 0.5) is 4.79 Å². The van der Waals surface area contributed by atoms with Crippen molar-refractivity contribution in [1.82, 2.24) is 4.90 Å². The minimum Gasteiger partial charge on any atom is -0.480 e. The fourth-order valence-electron chi connectivity index (χ4n) is 3.35. The lowest BCUT2D eigenvalue weighted by molar-refractivity contribution is -0.149. The molecule has 2 atom stereocenters. The molecule has 3 N–H and O–H groups in total. The number of imide groups is 1. The smallest absolute Gasteiger partial charge is 0.417 e. The zero-order valence-corrected chi connectivity index (χ0v) is 18.0. The molecule has 169 valence electrons. The number of carbonyl (C=O) groups is 3. The highest BCUT2D eigenvalue weighted by atomic mass is 16.6. The topological polar surface area (TPSA) is 110 Å². The van der Waals surface area contributed by atoms with Gasteiger partial charge in [-0.25, -0.2) is 14.5 Å². The van der Waals surface area contributed by atoms with E-state index >= 15 is 0 Å². The first-order chi connectivity index (χ1) is 16.0. The molecule has 1 radical (unpaired) electrons. The number of amides is 2. The van der Waals surface area contributed by atoms with Gasteiger partial charge in [0.25, 0.3) is 0 Å². The van der Waals surface area contributed by atoms with Gasteiger partial charge >= 0.3 is 12.1 Å². The van der Waals surface area contributed by atoms with Crippen LogP contribution in [0.2, 0.25) is 0 Å². The average Bonchev–Trinajstić information content (AvgIpc) is 2.84. The van der Waals surface area contributed by atoms with E-state index in [0.717, 1.165) is 5.56 Å². The molecule has 0 aliphatic heterocycles. The number of hydrogen-bond acceptors (Lipinski definition) is 5. The molecule has 0 saturated carbocycles. The molecule has 0 aliphatic carbocycles. The van der Waals surface area contributed by atoms with Crippen molar-refractivity contribution in [3.05, 3.63) is 108 Å². The molecule has 0 saturated heterocycles. The second-order valence-electron chi connectivity index (χ2n) is 7.49. The number of aliphatic carboxylic acids is 1. The molecule has 3 aromatic rings. The number of nitrogens with two attached hydrogens (primary N) is 1. The van der Waals surface area contributed by atoms with Crippen molar-refractivity contribution >= 4 is 18.0 Å². The molecule has 0 aromatic heterocycles. The van der Waals surface area contributed by atoms with Crippen molar-refractivity contribution < 1.29 is 24.2 Å².